The number of likely N-dealkylation sites (N-methyl/N-ethyl adjacent to an activating group) is 1. The topological polar surface area (TPSA) is 108 Å². The van der Waals surface area contributed by atoms with Crippen LogP contribution in [0.15, 0.2) is 60.8 Å². The number of nitrogens with zero attached hydrogens (tertiary/aromatic N) is 1. The maximum Gasteiger partial charge on any atom is 0.268 e. The van der Waals surface area contributed by atoms with Crippen molar-refractivity contribution in [3.8, 4) is 0 Å². The molecule has 0 heterocycles. The fourth-order valence-electron chi connectivity index (χ4n) is 6.76. The predicted molar refractivity (Wildman–Crippen MR) is 256 cm³/mol. The maximum atomic E-state index is 12.8. The van der Waals surface area contributed by atoms with E-state index in [1.807, 2.05) is 27.2 Å². The minimum absolute atomic E-state index is 0.00835. The van der Waals surface area contributed by atoms with Gasteiger partial charge in [-0.2, -0.15) is 0 Å². The SMILES string of the molecule is CCCCC/C=C/CC/C=C/C(O)C(COP(=O)([O-])OCC[N+](C)(C)C)NC(=O)CCCCCCCCCCCCCCCC/C=C\C/C=C\C/C=C\CCCCCCC. The van der Waals surface area contributed by atoms with Gasteiger partial charge < -0.3 is 28.8 Å². The number of unbranched alkanes of at least 4 members (excludes halogenated alkanes) is 23. The van der Waals surface area contributed by atoms with Gasteiger partial charge in [-0.05, 0) is 70.6 Å². The summed E-state index contributed by atoms with van der Waals surface area (Å²) in [6, 6.07) is -0.903. The van der Waals surface area contributed by atoms with E-state index in [1.165, 1.54) is 135 Å². The molecular formula is C51H95N2O6P. The molecule has 8 nitrogen and oxygen atoms in total. The summed E-state index contributed by atoms with van der Waals surface area (Å²) in [5, 5.41) is 13.7. The predicted octanol–water partition coefficient (Wildman–Crippen LogP) is 13.6. The van der Waals surface area contributed by atoms with Gasteiger partial charge in [-0.15, -0.1) is 0 Å². The smallest absolute Gasteiger partial charge is 0.268 e. The zero-order chi connectivity index (χ0) is 44.3. The second-order valence-corrected chi connectivity index (χ2v) is 19.2. The van der Waals surface area contributed by atoms with Gasteiger partial charge in [0.1, 0.15) is 13.2 Å². The molecule has 60 heavy (non-hydrogen) atoms. The van der Waals surface area contributed by atoms with Gasteiger partial charge >= 0.3 is 0 Å². The van der Waals surface area contributed by atoms with E-state index in [2.05, 4.69) is 67.8 Å². The summed E-state index contributed by atoms with van der Waals surface area (Å²) in [6.07, 6.45) is 55.9. The molecule has 3 atom stereocenters. The third-order valence-corrected chi connectivity index (χ3v) is 11.7. The highest BCUT2D eigenvalue weighted by molar-refractivity contribution is 7.45. The molecule has 0 radical (unpaired) electrons. The molecule has 0 fully saturated rings. The van der Waals surface area contributed by atoms with Crippen LogP contribution in [0.3, 0.4) is 0 Å². The number of rotatable bonds is 44. The first-order valence-electron chi connectivity index (χ1n) is 24.7. The van der Waals surface area contributed by atoms with Crippen LogP contribution in [0.2, 0.25) is 0 Å². The molecule has 0 rings (SSSR count). The van der Waals surface area contributed by atoms with Crippen LogP contribution in [0, 0.1) is 0 Å². The Labute approximate surface area is 371 Å². The number of quaternary nitrogens is 1. The normalized spacial score (nSPS) is 14.7. The largest absolute Gasteiger partial charge is 0.756 e. The second-order valence-electron chi connectivity index (χ2n) is 17.8. The fraction of sp³-hybridized carbons (Fsp3) is 0.784. The standard InChI is InChI=1S/C51H95N2O6P/c1-6-8-10-12-14-16-17-18-19-20-21-22-23-24-25-26-27-28-29-30-31-32-33-34-35-37-39-41-43-45-51(55)52-49(48-59-60(56,57)58-47-46-53(3,4)5)50(54)44-42-40-38-36-15-13-11-9-7-2/h15,17-18,20-21,23-24,36,42,44,49-50,54H,6-14,16,19,22,25-35,37-41,43,45-48H2,1-5H3,(H-,52,55,56,57)/b18-17-,21-20-,24-23-,36-15+,44-42+. The molecule has 1 amide bonds. The average Bonchev–Trinajstić information content (AvgIpc) is 3.20. The highest BCUT2D eigenvalue weighted by atomic mass is 31.2. The number of hydrogen-bond donors (Lipinski definition) is 2. The van der Waals surface area contributed by atoms with Crippen molar-refractivity contribution < 1.29 is 32.9 Å². The Morgan fingerprint density at radius 1 is 0.583 bits per heavy atom. The Hall–Kier alpha value is -1.80. The van der Waals surface area contributed by atoms with Crippen LogP contribution in [-0.2, 0) is 18.4 Å². The number of carbonyl (C=O) groups is 1. The number of phosphoric acid groups is 1. The number of allylic oxidation sites excluding steroid dienone is 9. The van der Waals surface area contributed by atoms with E-state index in [4.69, 9.17) is 9.05 Å². The van der Waals surface area contributed by atoms with Crippen molar-refractivity contribution in [2.45, 2.75) is 219 Å². The molecule has 0 saturated carbocycles. The van der Waals surface area contributed by atoms with Crippen molar-refractivity contribution in [3.63, 3.8) is 0 Å². The Balaban J connectivity index is 4.08. The van der Waals surface area contributed by atoms with Crippen molar-refractivity contribution >= 4 is 13.7 Å². The number of hydrogen-bond acceptors (Lipinski definition) is 6. The molecule has 0 aliphatic rings. The minimum Gasteiger partial charge on any atom is -0.756 e. The fourth-order valence-corrected chi connectivity index (χ4v) is 7.49. The molecule has 0 aromatic heterocycles. The van der Waals surface area contributed by atoms with Gasteiger partial charge in [-0.1, -0.05) is 190 Å². The lowest BCUT2D eigenvalue weighted by Crippen LogP contribution is -2.45. The molecular weight excluding hydrogens is 768 g/mol. The highest BCUT2D eigenvalue weighted by Crippen LogP contribution is 2.38. The van der Waals surface area contributed by atoms with E-state index in [9.17, 15) is 19.4 Å². The van der Waals surface area contributed by atoms with Crippen LogP contribution < -0.4 is 10.2 Å². The van der Waals surface area contributed by atoms with E-state index >= 15 is 0 Å². The molecule has 0 spiro atoms. The van der Waals surface area contributed by atoms with Gasteiger partial charge in [0, 0.05) is 6.42 Å². The van der Waals surface area contributed by atoms with Crippen LogP contribution in [0.5, 0.6) is 0 Å². The summed E-state index contributed by atoms with van der Waals surface area (Å²) < 4.78 is 23.1. The molecule has 0 aliphatic carbocycles. The third kappa shape index (κ3) is 44.3. The number of amides is 1. The zero-order valence-corrected chi connectivity index (χ0v) is 40.5. The molecule has 0 aliphatic heterocycles. The number of aliphatic hydroxyl groups excluding tert-OH is 1. The number of carbonyl (C=O) groups excluding carboxylic acids is 1. The number of aliphatic hydroxyl groups is 1. The van der Waals surface area contributed by atoms with Gasteiger partial charge in [0.2, 0.25) is 5.91 Å². The van der Waals surface area contributed by atoms with Crippen molar-refractivity contribution in [1.82, 2.24) is 5.32 Å². The van der Waals surface area contributed by atoms with E-state index < -0.39 is 26.6 Å². The number of nitrogens with one attached hydrogen (secondary N) is 1. The summed E-state index contributed by atoms with van der Waals surface area (Å²) in [5.41, 5.74) is 0. The molecule has 0 saturated heterocycles. The van der Waals surface area contributed by atoms with E-state index in [0.29, 0.717) is 17.4 Å². The molecule has 0 aromatic rings. The van der Waals surface area contributed by atoms with Crippen molar-refractivity contribution in [1.29, 1.82) is 0 Å². The quantitative estimate of drug-likeness (QED) is 0.0273. The molecule has 0 aromatic carbocycles. The molecule has 9 heteroatoms. The van der Waals surface area contributed by atoms with Gasteiger partial charge in [0.15, 0.2) is 0 Å². The first kappa shape index (κ1) is 58.2. The van der Waals surface area contributed by atoms with Gasteiger partial charge in [0.05, 0.1) is 39.9 Å². The Kier molecular flexibility index (Phi) is 41.2. The Morgan fingerprint density at radius 2 is 0.983 bits per heavy atom. The average molecular weight is 863 g/mol. The zero-order valence-electron chi connectivity index (χ0n) is 39.6. The van der Waals surface area contributed by atoms with Crippen LogP contribution in [-0.4, -0.2) is 68.5 Å². The van der Waals surface area contributed by atoms with Crippen LogP contribution in [0.4, 0.5) is 0 Å². The lowest BCUT2D eigenvalue weighted by Gasteiger charge is -2.29. The van der Waals surface area contributed by atoms with Crippen molar-refractivity contribution in [2.75, 3.05) is 40.9 Å². The first-order chi connectivity index (χ1) is 29.0. The summed E-state index contributed by atoms with van der Waals surface area (Å²) >= 11 is 0. The van der Waals surface area contributed by atoms with E-state index in [0.717, 1.165) is 51.4 Å². The lowest BCUT2D eigenvalue weighted by molar-refractivity contribution is -0.870. The third-order valence-electron chi connectivity index (χ3n) is 10.7. The van der Waals surface area contributed by atoms with E-state index in [-0.39, 0.29) is 12.5 Å². The monoisotopic (exact) mass is 863 g/mol. The lowest BCUT2D eigenvalue weighted by atomic mass is 10.0. The van der Waals surface area contributed by atoms with Gasteiger partial charge in [0.25, 0.3) is 7.82 Å². The Bertz CT molecular complexity index is 1160. The van der Waals surface area contributed by atoms with Crippen LogP contribution in [0.1, 0.15) is 206 Å². The molecule has 0 bridgehead atoms. The highest BCUT2D eigenvalue weighted by Gasteiger charge is 2.23. The van der Waals surface area contributed by atoms with Gasteiger partial charge in [-0.3, -0.25) is 9.36 Å². The van der Waals surface area contributed by atoms with Crippen LogP contribution in [0.25, 0.3) is 0 Å². The van der Waals surface area contributed by atoms with Gasteiger partial charge in [-0.25, -0.2) is 0 Å². The summed E-state index contributed by atoms with van der Waals surface area (Å²) in [5.74, 6) is -0.213. The van der Waals surface area contributed by atoms with E-state index in [1.54, 1.807) is 6.08 Å². The van der Waals surface area contributed by atoms with Crippen molar-refractivity contribution in [3.05, 3.63) is 60.8 Å². The summed E-state index contributed by atoms with van der Waals surface area (Å²) in [4.78, 5) is 25.3. The second kappa shape index (κ2) is 42.5. The molecule has 3 unspecified atom stereocenters. The minimum atomic E-state index is -4.59. The molecule has 350 valence electrons. The summed E-state index contributed by atoms with van der Waals surface area (Å²) in [7, 11) is 1.24. The molecule has 2 N–H and O–H groups in total. The summed E-state index contributed by atoms with van der Waals surface area (Å²) in [6.45, 7) is 4.55. The van der Waals surface area contributed by atoms with Crippen LogP contribution >= 0.6 is 7.82 Å². The van der Waals surface area contributed by atoms with Crippen molar-refractivity contribution in [2.24, 2.45) is 0 Å². The maximum absolute atomic E-state index is 12.8. The Morgan fingerprint density at radius 3 is 1.50 bits per heavy atom. The number of phosphoric ester groups is 1. The first-order valence-corrected chi connectivity index (χ1v) is 26.1.